The molecule has 1 unspecified atom stereocenters. The average Bonchev–Trinajstić information content (AvgIpc) is 2.57. The number of aromatic nitrogens is 2. The third kappa shape index (κ3) is 2.19. The van der Waals surface area contributed by atoms with Crippen molar-refractivity contribution in [3.63, 3.8) is 0 Å². The van der Waals surface area contributed by atoms with Crippen LogP contribution in [0.2, 0.25) is 0 Å². The topological polar surface area (TPSA) is 93.5 Å². The zero-order chi connectivity index (χ0) is 12.6. The zero-order valence-electron chi connectivity index (χ0n) is 9.35. The normalized spacial score (nSPS) is 32.9. The first-order chi connectivity index (χ1) is 8.04. The van der Waals surface area contributed by atoms with E-state index in [4.69, 9.17) is 27.8 Å². The molecule has 0 amide bonds. The molecule has 7 heteroatoms. The Kier molecular flexibility index (Phi) is 3.43. The number of ether oxygens (including phenoxy) is 1. The highest BCUT2D eigenvalue weighted by atomic mass is 32.1. The molecule has 0 aromatic carbocycles. The van der Waals surface area contributed by atoms with Crippen molar-refractivity contribution >= 4 is 18.0 Å². The van der Waals surface area contributed by atoms with Gasteiger partial charge in [-0.15, -0.1) is 0 Å². The zero-order valence-corrected chi connectivity index (χ0v) is 10.2. The molecule has 0 bridgehead atoms. The van der Waals surface area contributed by atoms with Gasteiger partial charge in [-0.3, -0.25) is 4.57 Å². The molecule has 1 aromatic rings. The Balaban J connectivity index is 2.32. The quantitative estimate of drug-likeness (QED) is 0.650. The third-order valence-electron chi connectivity index (χ3n) is 2.99. The van der Waals surface area contributed by atoms with E-state index < -0.39 is 18.4 Å². The number of nitrogens with zero attached hydrogens (tertiary/aromatic N) is 2. The molecular weight excluding hydrogens is 242 g/mol. The molecule has 4 atom stereocenters. The predicted octanol–water partition coefficient (Wildman–Crippen LogP) is 0.0815. The average molecular weight is 257 g/mol. The molecule has 1 aliphatic rings. The third-order valence-corrected chi connectivity index (χ3v) is 3.29. The summed E-state index contributed by atoms with van der Waals surface area (Å²) < 4.78 is 7.49. The van der Waals surface area contributed by atoms with Gasteiger partial charge in [0.15, 0.2) is 0 Å². The minimum absolute atomic E-state index is 0.177. The first kappa shape index (κ1) is 12.4. The summed E-state index contributed by atoms with van der Waals surface area (Å²) in [4.78, 5) is 3.96. The molecule has 1 saturated heterocycles. The minimum Gasteiger partial charge on any atom is -0.394 e. The fourth-order valence-corrected chi connectivity index (χ4v) is 2.25. The number of nitrogen functional groups attached to an aromatic ring is 1. The van der Waals surface area contributed by atoms with Crippen LogP contribution < -0.4 is 5.73 Å². The van der Waals surface area contributed by atoms with Gasteiger partial charge in [0.25, 0.3) is 0 Å². The maximum Gasteiger partial charge on any atom is 0.203 e. The fraction of sp³-hybridized carbons (Fsp3) is 0.600. The van der Waals surface area contributed by atoms with Gasteiger partial charge in [0, 0.05) is 12.1 Å². The minimum atomic E-state index is -0.718. The second kappa shape index (κ2) is 4.69. The standard InChI is InChI=1S/C10H15N3O3S/c1-5-8(15)6(4-14)16-9(5)13-3-2-7(11)12-10(13)17/h2-3,5-6,8-9,14-15H,4H2,1H3,(H2,11,12,17)/t5-,6+,8?,9+/m0/s1. The van der Waals surface area contributed by atoms with Gasteiger partial charge < -0.3 is 20.7 Å². The molecule has 2 rings (SSSR count). The number of nitrogens with two attached hydrogens (primary N) is 1. The lowest BCUT2D eigenvalue weighted by Gasteiger charge is -2.18. The molecule has 0 aliphatic carbocycles. The summed E-state index contributed by atoms with van der Waals surface area (Å²) >= 11 is 5.09. The van der Waals surface area contributed by atoms with Crippen molar-refractivity contribution < 1.29 is 14.9 Å². The lowest BCUT2D eigenvalue weighted by Crippen LogP contribution is -2.28. The predicted molar refractivity (Wildman–Crippen MR) is 63.6 cm³/mol. The summed E-state index contributed by atoms with van der Waals surface area (Å²) in [7, 11) is 0. The molecule has 1 fully saturated rings. The second-order valence-electron chi connectivity index (χ2n) is 4.14. The highest BCUT2D eigenvalue weighted by Gasteiger charge is 2.41. The SMILES string of the molecule is C[C@H]1C(O)[C@@H](CO)O[C@H]1n1ccc(N)nc1=S. The van der Waals surface area contributed by atoms with E-state index in [0.717, 1.165) is 0 Å². The van der Waals surface area contributed by atoms with E-state index in [1.54, 1.807) is 16.8 Å². The summed E-state index contributed by atoms with van der Waals surface area (Å²) in [6.45, 7) is 1.61. The van der Waals surface area contributed by atoms with E-state index in [9.17, 15) is 5.11 Å². The highest BCUT2D eigenvalue weighted by molar-refractivity contribution is 7.71. The molecule has 2 heterocycles. The second-order valence-corrected chi connectivity index (χ2v) is 4.50. The molecule has 0 spiro atoms. The summed E-state index contributed by atoms with van der Waals surface area (Å²) in [6.07, 6.45) is -0.0557. The van der Waals surface area contributed by atoms with Crippen molar-refractivity contribution in [3.8, 4) is 0 Å². The van der Waals surface area contributed by atoms with Crippen LogP contribution in [0.15, 0.2) is 12.3 Å². The Labute approximate surface area is 104 Å². The van der Waals surface area contributed by atoms with Crippen molar-refractivity contribution in [3.05, 3.63) is 17.0 Å². The number of aliphatic hydroxyl groups is 2. The highest BCUT2D eigenvalue weighted by Crippen LogP contribution is 2.34. The van der Waals surface area contributed by atoms with E-state index in [1.165, 1.54) is 0 Å². The van der Waals surface area contributed by atoms with Crippen molar-refractivity contribution in [2.45, 2.75) is 25.4 Å². The molecule has 94 valence electrons. The van der Waals surface area contributed by atoms with Crippen molar-refractivity contribution in [2.75, 3.05) is 12.3 Å². The molecule has 1 aromatic heterocycles. The van der Waals surface area contributed by atoms with E-state index >= 15 is 0 Å². The first-order valence-electron chi connectivity index (χ1n) is 5.33. The Hall–Kier alpha value is -1.02. The molecule has 0 radical (unpaired) electrons. The van der Waals surface area contributed by atoms with Gasteiger partial charge in [-0.25, -0.2) is 4.98 Å². The van der Waals surface area contributed by atoms with Crippen LogP contribution in [0.5, 0.6) is 0 Å². The summed E-state index contributed by atoms with van der Waals surface area (Å²) in [5.74, 6) is 0.167. The van der Waals surface area contributed by atoms with Crippen LogP contribution >= 0.6 is 12.2 Å². The molecule has 17 heavy (non-hydrogen) atoms. The number of rotatable bonds is 2. The molecule has 1 aliphatic heterocycles. The first-order valence-corrected chi connectivity index (χ1v) is 5.74. The van der Waals surface area contributed by atoms with Gasteiger partial charge in [0.05, 0.1) is 12.7 Å². The van der Waals surface area contributed by atoms with Crippen molar-refractivity contribution in [1.82, 2.24) is 9.55 Å². The Morgan fingerprint density at radius 2 is 2.35 bits per heavy atom. The van der Waals surface area contributed by atoms with Gasteiger partial charge in [0.1, 0.15) is 18.1 Å². The summed E-state index contributed by atoms with van der Waals surface area (Å²) in [5.41, 5.74) is 5.52. The van der Waals surface area contributed by atoms with Crippen LogP contribution in [0, 0.1) is 10.7 Å². The van der Waals surface area contributed by atoms with E-state index in [-0.39, 0.29) is 12.5 Å². The lowest BCUT2D eigenvalue weighted by molar-refractivity contribution is -0.0469. The van der Waals surface area contributed by atoms with Crippen molar-refractivity contribution in [1.29, 1.82) is 0 Å². The lowest BCUT2D eigenvalue weighted by atomic mass is 10.0. The summed E-state index contributed by atoms with van der Waals surface area (Å²) in [5, 5.41) is 18.9. The van der Waals surface area contributed by atoms with Crippen LogP contribution in [0.1, 0.15) is 13.2 Å². The van der Waals surface area contributed by atoms with Crippen LogP contribution in [0.25, 0.3) is 0 Å². The Morgan fingerprint density at radius 3 is 2.88 bits per heavy atom. The monoisotopic (exact) mass is 257 g/mol. The van der Waals surface area contributed by atoms with E-state index in [2.05, 4.69) is 4.98 Å². The van der Waals surface area contributed by atoms with Crippen LogP contribution in [0.3, 0.4) is 0 Å². The maximum absolute atomic E-state index is 9.86. The number of aliphatic hydroxyl groups excluding tert-OH is 2. The van der Waals surface area contributed by atoms with Gasteiger partial charge in [-0.2, -0.15) is 0 Å². The number of hydrogen-bond acceptors (Lipinski definition) is 6. The smallest absolute Gasteiger partial charge is 0.203 e. The molecule has 4 N–H and O–H groups in total. The van der Waals surface area contributed by atoms with Crippen LogP contribution in [0.4, 0.5) is 5.82 Å². The van der Waals surface area contributed by atoms with Gasteiger partial charge in [-0.05, 0) is 18.3 Å². The fourth-order valence-electron chi connectivity index (χ4n) is 1.98. The van der Waals surface area contributed by atoms with E-state index in [1.807, 2.05) is 6.92 Å². The number of hydrogen-bond donors (Lipinski definition) is 3. The summed E-state index contributed by atoms with van der Waals surface area (Å²) in [6, 6.07) is 1.62. The maximum atomic E-state index is 9.86. The van der Waals surface area contributed by atoms with Crippen molar-refractivity contribution in [2.24, 2.45) is 5.92 Å². The van der Waals surface area contributed by atoms with E-state index in [0.29, 0.717) is 10.6 Å². The van der Waals surface area contributed by atoms with Gasteiger partial charge >= 0.3 is 0 Å². The number of anilines is 1. The Bertz CT molecular complexity index is 464. The van der Waals surface area contributed by atoms with Gasteiger partial charge in [-0.1, -0.05) is 6.92 Å². The Morgan fingerprint density at radius 1 is 1.65 bits per heavy atom. The largest absolute Gasteiger partial charge is 0.394 e. The van der Waals surface area contributed by atoms with Crippen LogP contribution in [-0.4, -0.2) is 38.6 Å². The molecule has 0 saturated carbocycles. The molecule has 6 nitrogen and oxygen atoms in total. The molecular formula is C10H15N3O3S. The van der Waals surface area contributed by atoms with Crippen LogP contribution in [-0.2, 0) is 4.74 Å². The van der Waals surface area contributed by atoms with Gasteiger partial charge in [0.2, 0.25) is 4.77 Å².